The normalized spacial score (nSPS) is 15.2. The van der Waals surface area contributed by atoms with Gasteiger partial charge < -0.3 is 10.2 Å². The molecule has 1 heterocycles. The highest BCUT2D eigenvalue weighted by Gasteiger charge is 2.32. The lowest BCUT2D eigenvalue weighted by atomic mass is 9.86. The molecule has 0 saturated carbocycles. The van der Waals surface area contributed by atoms with Gasteiger partial charge in [0.1, 0.15) is 5.37 Å². The Bertz CT molecular complexity index is 1520. The molecule has 202 valence electrons. The molecular formula is C34H32N2O3S. The zero-order valence-corrected chi connectivity index (χ0v) is 23.7. The molecule has 1 fully saturated rings. The van der Waals surface area contributed by atoms with Gasteiger partial charge in [-0.25, -0.2) is 0 Å². The minimum absolute atomic E-state index is 0.0128. The van der Waals surface area contributed by atoms with Crippen LogP contribution in [0.15, 0.2) is 103 Å². The number of ketones is 1. The maximum Gasteiger partial charge on any atom is 0.255 e. The SMILES string of the molecule is CC(C)(C)c1ccc(C(=O)c2cccc(NC(=O)c3ccc(C4SCC(=O)N4Cc4ccccc4)cc3)c2)cc1. The van der Waals surface area contributed by atoms with E-state index in [1.807, 2.05) is 71.6 Å². The van der Waals surface area contributed by atoms with Crippen molar-refractivity contribution < 1.29 is 14.4 Å². The number of carbonyl (C=O) groups is 3. The number of nitrogens with one attached hydrogen (secondary N) is 1. The molecule has 1 unspecified atom stereocenters. The summed E-state index contributed by atoms with van der Waals surface area (Å²) in [6.07, 6.45) is 0. The third-order valence-electron chi connectivity index (χ3n) is 7.02. The number of hydrogen-bond donors (Lipinski definition) is 1. The second kappa shape index (κ2) is 11.5. The van der Waals surface area contributed by atoms with Gasteiger partial charge in [-0.1, -0.05) is 99.6 Å². The third kappa shape index (κ3) is 6.18. The summed E-state index contributed by atoms with van der Waals surface area (Å²) < 4.78 is 0. The first kappa shape index (κ1) is 27.4. The molecule has 4 aromatic rings. The van der Waals surface area contributed by atoms with Gasteiger partial charge in [0.15, 0.2) is 5.78 Å². The average Bonchev–Trinajstić information content (AvgIpc) is 3.32. The monoisotopic (exact) mass is 548 g/mol. The standard InChI is InChI=1S/C34H32N2O3S/c1-34(2,3)28-18-16-24(17-19-28)31(38)27-10-7-11-29(20-27)35-32(39)25-12-14-26(15-13-25)33-36(30(37)22-40-33)21-23-8-5-4-6-9-23/h4-20,33H,21-22H2,1-3H3,(H,35,39). The summed E-state index contributed by atoms with van der Waals surface area (Å²) in [5, 5.41) is 2.82. The third-order valence-corrected chi connectivity index (χ3v) is 8.27. The van der Waals surface area contributed by atoms with Crippen LogP contribution in [0.1, 0.15) is 69.1 Å². The van der Waals surface area contributed by atoms with Crippen molar-refractivity contribution in [1.82, 2.24) is 4.90 Å². The lowest BCUT2D eigenvalue weighted by Gasteiger charge is -2.24. The number of amides is 2. The molecule has 1 aliphatic heterocycles. The molecular weight excluding hydrogens is 516 g/mol. The van der Waals surface area contributed by atoms with E-state index in [0.29, 0.717) is 34.7 Å². The highest BCUT2D eigenvalue weighted by atomic mass is 32.2. The molecule has 40 heavy (non-hydrogen) atoms. The summed E-state index contributed by atoms with van der Waals surface area (Å²) in [4.78, 5) is 40.6. The van der Waals surface area contributed by atoms with Crippen LogP contribution in [-0.4, -0.2) is 28.3 Å². The first-order valence-corrected chi connectivity index (χ1v) is 14.4. The van der Waals surface area contributed by atoms with Gasteiger partial charge in [-0.3, -0.25) is 14.4 Å². The van der Waals surface area contributed by atoms with Gasteiger partial charge in [0.2, 0.25) is 5.91 Å². The highest BCUT2D eigenvalue weighted by molar-refractivity contribution is 8.00. The molecule has 1 N–H and O–H groups in total. The van der Waals surface area contributed by atoms with Crippen LogP contribution in [-0.2, 0) is 16.8 Å². The number of benzene rings is 4. The Kier molecular flexibility index (Phi) is 7.90. The Morgan fingerprint density at radius 2 is 1.50 bits per heavy atom. The van der Waals surface area contributed by atoms with E-state index < -0.39 is 0 Å². The van der Waals surface area contributed by atoms with Crippen molar-refractivity contribution in [2.24, 2.45) is 0 Å². The Morgan fingerprint density at radius 3 is 2.17 bits per heavy atom. The number of thioether (sulfide) groups is 1. The Labute approximate surface area is 239 Å². The topological polar surface area (TPSA) is 66.5 Å². The van der Waals surface area contributed by atoms with Crippen molar-refractivity contribution in [2.45, 2.75) is 38.1 Å². The lowest BCUT2D eigenvalue weighted by Crippen LogP contribution is -2.27. The molecule has 5 nitrogen and oxygen atoms in total. The van der Waals surface area contributed by atoms with Gasteiger partial charge in [-0.2, -0.15) is 0 Å². The quantitative estimate of drug-likeness (QED) is 0.247. The molecule has 5 rings (SSSR count). The molecule has 6 heteroatoms. The predicted octanol–water partition coefficient (Wildman–Crippen LogP) is 7.24. The number of carbonyl (C=O) groups excluding carboxylic acids is 3. The van der Waals surface area contributed by atoms with Crippen LogP contribution in [0.2, 0.25) is 0 Å². The summed E-state index contributed by atoms with van der Waals surface area (Å²) >= 11 is 1.60. The first-order valence-electron chi connectivity index (χ1n) is 13.3. The van der Waals surface area contributed by atoms with Crippen molar-refractivity contribution in [1.29, 1.82) is 0 Å². The van der Waals surface area contributed by atoms with E-state index in [4.69, 9.17) is 0 Å². The van der Waals surface area contributed by atoms with Gasteiger partial charge in [-0.15, -0.1) is 11.8 Å². The molecule has 4 aromatic carbocycles. The molecule has 0 bridgehead atoms. The Morgan fingerprint density at radius 1 is 0.825 bits per heavy atom. The summed E-state index contributed by atoms with van der Waals surface area (Å²) in [6.45, 7) is 6.96. The fourth-order valence-electron chi connectivity index (χ4n) is 4.71. The van der Waals surface area contributed by atoms with Gasteiger partial charge in [0.25, 0.3) is 5.91 Å². The van der Waals surface area contributed by atoms with Crippen molar-refractivity contribution in [3.63, 3.8) is 0 Å². The smallest absolute Gasteiger partial charge is 0.255 e. The van der Waals surface area contributed by atoms with Crippen LogP contribution in [0.5, 0.6) is 0 Å². The Hall–Kier alpha value is -4.16. The predicted molar refractivity (Wildman–Crippen MR) is 162 cm³/mol. The van der Waals surface area contributed by atoms with Gasteiger partial charge >= 0.3 is 0 Å². The summed E-state index contributed by atoms with van der Waals surface area (Å²) in [5.41, 5.74) is 5.42. The first-order chi connectivity index (χ1) is 19.2. The fourth-order valence-corrected chi connectivity index (χ4v) is 5.90. The number of rotatable bonds is 7. The average molecular weight is 549 g/mol. The minimum Gasteiger partial charge on any atom is -0.322 e. The lowest BCUT2D eigenvalue weighted by molar-refractivity contribution is -0.128. The fraction of sp³-hybridized carbons (Fsp3) is 0.206. The van der Waals surface area contributed by atoms with Crippen LogP contribution in [0, 0.1) is 0 Å². The van der Waals surface area contributed by atoms with Gasteiger partial charge in [0, 0.05) is 28.9 Å². The van der Waals surface area contributed by atoms with E-state index in [9.17, 15) is 14.4 Å². The van der Waals surface area contributed by atoms with Crippen LogP contribution >= 0.6 is 11.8 Å². The van der Waals surface area contributed by atoms with E-state index in [1.165, 1.54) is 0 Å². The van der Waals surface area contributed by atoms with Gasteiger partial charge in [-0.05, 0) is 46.4 Å². The van der Waals surface area contributed by atoms with Crippen LogP contribution in [0.25, 0.3) is 0 Å². The van der Waals surface area contributed by atoms with Crippen molar-refractivity contribution >= 4 is 35.0 Å². The van der Waals surface area contributed by atoms with E-state index in [0.717, 1.165) is 16.7 Å². The van der Waals surface area contributed by atoms with Crippen molar-refractivity contribution in [3.8, 4) is 0 Å². The summed E-state index contributed by atoms with van der Waals surface area (Å²) in [7, 11) is 0. The van der Waals surface area contributed by atoms with E-state index >= 15 is 0 Å². The molecule has 2 amide bonds. The molecule has 0 radical (unpaired) electrons. The van der Waals surface area contributed by atoms with Crippen molar-refractivity contribution in [3.05, 3.63) is 137 Å². The van der Waals surface area contributed by atoms with E-state index in [2.05, 4.69) is 26.1 Å². The van der Waals surface area contributed by atoms with E-state index in [1.54, 1.807) is 48.2 Å². The van der Waals surface area contributed by atoms with Crippen LogP contribution < -0.4 is 5.32 Å². The minimum atomic E-state index is -0.262. The molecule has 0 spiro atoms. The number of anilines is 1. The maximum atomic E-state index is 13.1. The van der Waals surface area contributed by atoms with Crippen LogP contribution in [0.3, 0.4) is 0 Å². The number of nitrogens with zero attached hydrogens (tertiary/aromatic N) is 1. The summed E-state index contributed by atoms with van der Waals surface area (Å²) in [6, 6.07) is 32.0. The molecule has 0 aliphatic carbocycles. The maximum absolute atomic E-state index is 13.1. The molecule has 1 saturated heterocycles. The van der Waals surface area contributed by atoms with Crippen molar-refractivity contribution in [2.75, 3.05) is 11.1 Å². The van der Waals surface area contributed by atoms with E-state index in [-0.39, 0.29) is 28.4 Å². The number of hydrogen-bond acceptors (Lipinski definition) is 4. The van der Waals surface area contributed by atoms with Crippen LogP contribution in [0.4, 0.5) is 5.69 Å². The largest absolute Gasteiger partial charge is 0.322 e. The molecule has 1 atom stereocenters. The van der Waals surface area contributed by atoms with Gasteiger partial charge in [0.05, 0.1) is 5.75 Å². The summed E-state index contributed by atoms with van der Waals surface area (Å²) in [5.74, 6) is 0.196. The molecule has 0 aromatic heterocycles. The zero-order chi connectivity index (χ0) is 28.3. The highest BCUT2D eigenvalue weighted by Crippen LogP contribution is 2.39. The second-order valence-corrected chi connectivity index (χ2v) is 12.1. The Balaban J connectivity index is 1.26. The second-order valence-electron chi connectivity index (χ2n) is 11.0. The zero-order valence-electron chi connectivity index (χ0n) is 22.9. The molecule has 1 aliphatic rings.